The van der Waals surface area contributed by atoms with E-state index in [1.54, 1.807) is 12.1 Å². The zero-order valence-electron chi connectivity index (χ0n) is 21.3. The predicted molar refractivity (Wildman–Crippen MR) is 141 cm³/mol. The van der Waals surface area contributed by atoms with Crippen LogP contribution in [0.4, 0.5) is 47.7 Å². The van der Waals surface area contributed by atoms with Gasteiger partial charge in [-0.3, -0.25) is 9.59 Å². The van der Waals surface area contributed by atoms with Gasteiger partial charge in [-0.05, 0) is 36.4 Å². The number of hydrogen-bond donors (Lipinski definition) is 5. The highest BCUT2D eigenvalue weighted by Crippen LogP contribution is 2.37. The molecule has 1 atom stereocenters. The number of anilines is 6. The molecule has 3 aromatic rings. The van der Waals surface area contributed by atoms with Gasteiger partial charge in [0.25, 0.3) is 5.91 Å². The zero-order valence-corrected chi connectivity index (χ0v) is 21.3. The molecule has 0 saturated carbocycles. The zero-order chi connectivity index (χ0) is 29.1. The van der Waals surface area contributed by atoms with Crippen LogP contribution in [0.5, 0.6) is 0 Å². The van der Waals surface area contributed by atoms with Crippen molar-refractivity contribution in [3.05, 3.63) is 59.8 Å². The summed E-state index contributed by atoms with van der Waals surface area (Å²) in [6, 6.07) is 9.95. The van der Waals surface area contributed by atoms with Crippen LogP contribution in [-0.2, 0) is 15.8 Å². The molecule has 2 aliphatic heterocycles. The van der Waals surface area contributed by atoms with Crippen molar-refractivity contribution >= 4 is 52.3 Å². The molecule has 2 aliphatic rings. The smallest absolute Gasteiger partial charge is 0.421 e. The number of benzene rings is 2. The second-order valence-electron chi connectivity index (χ2n) is 9.31. The number of carbonyl (C=O) groups excluding carboxylic acids is 3. The lowest BCUT2D eigenvalue weighted by Crippen LogP contribution is -2.45. The molecule has 0 bridgehead atoms. The van der Waals surface area contributed by atoms with E-state index < -0.39 is 47.8 Å². The fourth-order valence-electron chi connectivity index (χ4n) is 4.51. The number of aromatic nitrogens is 2. The molecule has 12 nitrogen and oxygen atoms in total. The number of aliphatic carboxylic acids is 1. The summed E-state index contributed by atoms with van der Waals surface area (Å²) in [5.74, 6) is -4.03. The largest absolute Gasteiger partial charge is 0.550 e. The lowest BCUT2D eigenvalue weighted by Gasteiger charge is -2.29. The van der Waals surface area contributed by atoms with E-state index >= 15 is 0 Å². The number of fused-ring (bicyclic) bond motifs is 1. The molecule has 3 heterocycles. The Morgan fingerprint density at radius 3 is 2.49 bits per heavy atom. The number of piperazine rings is 1. The average molecular weight is 570 g/mol. The molecule has 1 saturated heterocycles. The summed E-state index contributed by atoms with van der Waals surface area (Å²) in [6.45, 7) is 3.45. The highest BCUT2D eigenvalue weighted by Gasteiger charge is 2.36. The Kier molecular flexibility index (Phi) is 7.61. The van der Waals surface area contributed by atoms with E-state index in [4.69, 9.17) is 0 Å². The summed E-state index contributed by atoms with van der Waals surface area (Å²) in [5, 5.41) is 24.4. The van der Waals surface area contributed by atoms with E-state index in [-0.39, 0.29) is 22.9 Å². The molecule has 0 aliphatic carbocycles. The third kappa shape index (κ3) is 6.30. The van der Waals surface area contributed by atoms with Crippen LogP contribution in [0.15, 0.2) is 48.7 Å². The van der Waals surface area contributed by atoms with Crippen LogP contribution in [0.2, 0.25) is 0 Å². The maximum atomic E-state index is 13.9. The van der Waals surface area contributed by atoms with Crippen LogP contribution in [0.25, 0.3) is 0 Å². The summed E-state index contributed by atoms with van der Waals surface area (Å²) in [6.07, 6.45) is -5.01. The SMILES string of the molecule is O=C([O-])C[C@@H]1NC(=O)c2c(cccc2Nc2nc(Nc3ccc(N4CCNCC4)cc3)ncc2C(F)(F)F)NC1=O. The molecule has 0 unspecified atom stereocenters. The molecule has 5 N–H and O–H groups in total. The van der Waals surface area contributed by atoms with Gasteiger partial charge in [-0.1, -0.05) is 6.07 Å². The van der Waals surface area contributed by atoms with Crippen molar-refractivity contribution < 1.29 is 32.7 Å². The Morgan fingerprint density at radius 1 is 1.07 bits per heavy atom. The summed E-state index contributed by atoms with van der Waals surface area (Å²) in [4.78, 5) is 46.4. The van der Waals surface area contributed by atoms with Crippen molar-refractivity contribution in [3.8, 4) is 0 Å². The minimum atomic E-state index is -4.84. The van der Waals surface area contributed by atoms with Gasteiger partial charge in [0.05, 0.1) is 16.9 Å². The minimum absolute atomic E-state index is 0.0242. The number of carboxylic acids is 1. The Bertz CT molecular complexity index is 1480. The van der Waals surface area contributed by atoms with Crippen molar-refractivity contribution in [1.82, 2.24) is 20.6 Å². The number of rotatable bonds is 7. The summed E-state index contributed by atoms with van der Waals surface area (Å²) in [7, 11) is 0. The van der Waals surface area contributed by atoms with E-state index in [1.807, 2.05) is 12.1 Å². The van der Waals surface area contributed by atoms with Crippen LogP contribution >= 0.6 is 0 Å². The number of amides is 2. The van der Waals surface area contributed by atoms with Gasteiger partial charge in [0.2, 0.25) is 11.9 Å². The Morgan fingerprint density at radius 2 is 1.80 bits per heavy atom. The van der Waals surface area contributed by atoms with Crippen LogP contribution < -0.4 is 36.6 Å². The summed E-state index contributed by atoms with van der Waals surface area (Å²) >= 11 is 0. The first-order chi connectivity index (χ1) is 19.6. The molecular formula is C26H24F3N8O4-. The fraction of sp³-hybridized carbons (Fsp3) is 0.269. The molecule has 2 amide bonds. The van der Waals surface area contributed by atoms with Gasteiger partial charge in [0.15, 0.2) is 0 Å². The molecule has 214 valence electrons. The van der Waals surface area contributed by atoms with Gasteiger partial charge in [-0.15, -0.1) is 0 Å². The number of nitrogens with one attached hydrogen (secondary N) is 5. The van der Waals surface area contributed by atoms with Crippen LogP contribution in [-0.4, -0.2) is 60.0 Å². The maximum Gasteiger partial charge on any atom is 0.421 e. The van der Waals surface area contributed by atoms with Gasteiger partial charge in [0.1, 0.15) is 17.4 Å². The summed E-state index contributed by atoms with van der Waals surface area (Å²) in [5.41, 5.74) is 0.0248. The van der Waals surface area contributed by atoms with Crippen LogP contribution in [0, 0.1) is 0 Å². The second kappa shape index (κ2) is 11.3. The van der Waals surface area contributed by atoms with Crippen molar-refractivity contribution in [2.75, 3.05) is 47.0 Å². The first kappa shape index (κ1) is 27.6. The first-order valence-electron chi connectivity index (χ1n) is 12.6. The third-order valence-electron chi connectivity index (χ3n) is 6.49. The number of alkyl halides is 3. The molecule has 2 aromatic carbocycles. The molecular weight excluding hydrogens is 545 g/mol. The molecule has 41 heavy (non-hydrogen) atoms. The number of carboxylic acid groups (broad SMARTS) is 1. The van der Waals surface area contributed by atoms with Crippen LogP contribution in [0.1, 0.15) is 22.3 Å². The Balaban J connectivity index is 1.43. The standard InChI is InChI=1S/C26H25F3N8O4/c27-26(28,29)16-13-31-25(32-14-4-6-15(7-5-14)37-10-8-30-9-11-37)36-22(16)33-17-2-1-3-18-21(17)24(41)35-19(12-20(38)39)23(40)34-18/h1-7,13,19,30H,8-12H2,(H,34,40)(H,35,41)(H,38,39)(H2,31,32,33,36)/p-1/t19-/m0/s1. The second-order valence-corrected chi connectivity index (χ2v) is 9.31. The van der Waals surface area contributed by atoms with E-state index in [9.17, 15) is 32.7 Å². The van der Waals surface area contributed by atoms with Crippen LogP contribution in [0.3, 0.4) is 0 Å². The molecule has 5 rings (SSSR count). The Labute approximate surface area is 231 Å². The topological polar surface area (TPSA) is 163 Å². The highest BCUT2D eigenvalue weighted by atomic mass is 19.4. The lowest BCUT2D eigenvalue weighted by atomic mass is 10.1. The molecule has 15 heteroatoms. The van der Waals surface area contributed by atoms with Gasteiger partial charge in [-0.25, -0.2) is 4.98 Å². The van der Waals surface area contributed by atoms with Gasteiger partial charge >= 0.3 is 6.18 Å². The normalized spacial score (nSPS) is 17.1. The van der Waals surface area contributed by atoms with E-state index in [0.29, 0.717) is 11.9 Å². The lowest BCUT2D eigenvalue weighted by molar-refractivity contribution is -0.306. The number of halogens is 3. The van der Waals surface area contributed by atoms with Crippen molar-refractivity contribution in [1.29, 1.82) is 0 Å². The maximum absolute atomic E-state index is 13.9. The molecule has 0 spiro atoms. The quantitative estimate of drug-likeness (QED) is 0.282. The van der Waals surface area contributed by atoms with Crippen molar-refractivity contribution in [2.24, 2.45) is 0 Å². The van der Waals surface area contributed by atoms with Crippen molar-refractivity contribution in [2.45, 2.75) is 18.6 Å². The van der Waals surface area contributed by atoms with Gasteiger partial charge in [0, 0.05) is 56.1 Å². The summed E-state index contributed by atoms with van der Waals surface area (Å²) < 4.78 is 41.7. The minimum Gasteiger partial charge on any atom is -0.550 e. The number of carbonyl (C=O) groups is 3. The van der Waals surface area contributed by atoms with E-state index in [0.717, 1.165) is 31.9 Å². The number of nitrogens with zero attached hydrogens (tertiary/aromatic N) is 3. The first-order valence-corrected chi connectivity index (χ1v) is 12.6. The average Bonchev–Trinajstić information content (AvgIpc) is 3.04. The molecule has 1 fully saturated rings. The van der Waals surface area contributed by atoms with Crippen molar-refractivity contribution in [3.63, 3.8) is 0 Å². The third-order valence-corrected chi connectivity index (χ3v) is 6.49. The number of hydrogen-bond acceptors (Lipinski definition) is 10. The van der Waals surface area contributed by atoms with Gasteiger partial charge < -0.3 is 41.4 Å². The highest BCUT2D eigenvalue weighted by molar-refractivity contribution is 6.13. The predicted octanol–water partition coefficient (Wildman–Crippen LogP) is 1.58. The Hall–Kier alpha value is -4.92. The monoisotopic (exact) mass is 569 g/mol. The fourth-order valence-corrected chi connectivity index (χ4v) is 4.51. The van der Waals surface area contributed by atoms with E-state index in [2.05, 4.69) is 41.5 Å². The molecule has 0 radical (unpaired) electrons. The van der Waals surface area contributed by atoms with E-state index in [1.165, 1.54) is 18.2 Å². The molecule has 1 aromatic heterocycles. The van der Waals surface area contributed by atoms with Gasteiger partial charge in [-0.2, -0.15) is 18.2 Å².